The second-order valence-electron chi connectivity index (χ2n) is 4.47. The fraction of sp³-hybridized carbons (Fsp3) is 0. The van der Waals surface area contributed by atoms with Gasteiger partial charge in [-0.25, -0.2) is 0 Å². The minimum Gasteiger partial charge on any atom is -0.545 e. The number of carboxylic acid groups (broad SMARTS) is 1. The summed E-state index contributed by atoms with van der Waals surface area (Å²) in [5.41, 5.74) is 0.977. The summed E-state index contributed by atoms with van der Waals surface area (Å²) in [6, 6.07) is 14.7. The van der Waals surface area contributed by atoms with Crippen molar-refractivity contribution in [3.8, 4) is 0 Å². The van der Waals surface area contributed by atoms with Crippen LogP contribution in [0.25, 0.3) is 11.0 Å². The Labute approximate surface area is 119 Å². The maximum Gasteiger partial charge on any atom is 0.291 e. The second kappa shape index (κ2) is 5.13. The third-order valence-corrected chi connectivity index (χ3v) is 3.01. The fourth-order valence-electron chi connectivity index (χ4n) is 2.01. The third kappa shape index (κ3) is 2.62. The standard InChI is InChI=1S/C16H11NO4/c18-15(14-9-10-4-1-2-7-13(10)21-14)17-12-6-3-5-11(8-12)16(19)20/h1-9H,(H,17,18)(H,19,20)/p-1. The molecule has 3 aromatic rings. The summed E-state index contributed by atoms with van der Waals surface area (Å²) in [6.07, 6.45) is 0. The number of carboxylic acids is 1. The molecule has 0 fully saturated rings. The van der Waals surface area contributed by atoms with Crippen LogP contribution < -0.4 is 10.4 Å². The molecule has 0 saturated carbocycles. The van der Waals surface area contributed by atoms with Crippen LogP contribution in [0, 0.1) is 0 Å². The van der Waals surface area contributed by atoms with Crippen LogP contribution in [-0.4, -0.2) is 11.9 Å². The molecule has 0 unspecified atom stereocenters. The smallest absolute Gasteiger partial charge is 0.291 e. The number of aromatic carboxylic acids is 1. The number of benzene rings is 2. The molecular weight excluding hydrogens is 270 g/mol. The summed E-state index contributed by atoms with van der Waals surface area (Å²) in [5, 5.41) is 14.2. The third-order valence-electron chi connectivity index (χ3n) is 3.01. The van der Waals surface area contributed by atoms with E-state index in [1.165, 1.54) is 18.2 Å². The van der Waals surface area contributed by atoms with Crippen LogP contribution in [0.2, 0.25) is 0 Å². The van der Waals surface area contributed by atoms with Gasteiger partial charge in [0.15, 0.2) is 5.76 Å². The van der Waals surface area contributed by atoms with Gasteiger partial charge in [0.2, 0.25) is 0 Å². The summed E-state index contributed by atoms with van der Waals surface area (Å²) >= 11 is 0. The number of carbonyl (C=O) groups is 2. The first-order chi connectivity index (χ1) is 10.1. The highest BCUT2D eigenvalue weighted by molar-refractivity contribution is 6.05. The normalized spacial score (nSPS) is 10.5. The van der Waals surface area contributed by atoms with E-state index in [1.807, 2.05) is 18.2 Å². The molecule has 0 atom stereocenters. The zero-order valence-corrected chi connectivity index (χ0v) is 10.8. The number of hydrogen-bond acceptors (Lipinski definition) is 4. The molecule has 3 rings (SSSR count). The van der Waals surface area contributed by atoms with Crippen LogP contribution in [0.5, 0.6) is 0 Å². The zero-order chi connectivity index (χ0) is 14.8. The second-order valence-corrected chi connectivity index (χ2v) is 4.47. The Kier molecular flexibility index (Phi) is 3.16. The van der Waals surface area contributed by atoms with Gasteiger partial charge in [0.25, 0.3) is 5.91 Å². The van der Waals surface area contributed by atoms with Gasteiger partial charge in [0.05, 0.1) is 5.97 Å². The molecule has 0 aliphatic heterocycles. The van der Waals surface area contributed by atoms with Crippen molar-refractivity contribution in [2.24, 2.45) is 0 Å². The van der Waals surface area contributed by atoms with Crippen LogP contribution >= 0.6 is 0 Å². The Bertz CT molecular complexity index is 802. The van der Waals surface area contributed by atoms with Crippen LogP contribution in [0.4, 0.5) is 5.69 Å². The van der Waals surface area contributed by atoms with E-state index in [0.29, 0.717) is 11.3 Å². The van der Waals surface area contributed by atoms with Gasteiger partial charge >= 0.3 is 0 Å². The highest BCUT2D eigenvalue weighted by Crippen LogP contribution is 2.20. The number of carbonyl (C=O) groups excluding carboxylic acids is 2. The Morgan fingerprint density at radius 3 is 2.57 bits per heavy atom. The van der Waals surface area contributed by atoms with Crippen LogP contribution in [-0.2, 0) is 0 Å². The van der Waals surface area contributed by atoms with Crippen molar-refractivity contribution in [3.05, 3.63) is 65.9 Å². The van der Waals surface area contributed by atoms with Crippen LogP contribution in [0.15, 0.2) is 59.0 Å². The number of nitrogens with one attached hydrogen (secondary N) is 1. The van der Waals surface area contributed by atoms with Crippen molar-refractivity contribution in [2.75, 3.05) is 5.32 Å². The lowest BCUT2D eigenvalue weighted by molar-refractivity contribution is -0.255. The van der Waals surface area contributed by atoms with E-state index in [-0.39, 0.29) is 11.3 Å². The quantitative estimate of drug-likeness (QED) is 0.796. The lowest BCUT2D eigenvalue weighted by Gasteiger charge is -2.06. The number of anilines is 1. The minimum atomic E-state index is -1.30. The molecule has 2 aromatic carbocycles. The number of hydrogen-bond donors (Lipinski definition) is 1. The topological polar surface area (TPSA) is 82.4 Å². The monoisotopic (exact) mass is 280 g/mol. The summed E-state index contributed by atoms with van der Waals surface area (Å²) < 4.78 is 5.44. The van der Waals surface area contributed by atoms with E-state index in [2.05, 4.69) is 5.32 Å². The maximum absolute atomic E-state index is 12.1. The van der Waals surface area contributed by atoms with Crippen molar-refractivity contribution in [3.63, 3.8) is 0 Å². The molecule has 5 nitrogen and oxygen atoms in total. The summed E-state index contributed by atoms with van der Waals surface area (Å²) in [6.45, 7) is 0. The van der Waals surface area contributed by atoms with Crippen molar-refractivity contribution in [1.29, 1.82) is 0 Å². The molecule has 1 N–H and O–H groups in total. The largest absolute Gasteiger partial charge is 0.545 e. The van der Waals surface area contributed by atoms with Crippen molar-refractivity contribution in [2.45, 2.75) is 0 Å². The molecule has 0 radical (unpaired) electrons. The molecular formula is C16H10NO4-. The van der Waals surface area contributed by atoms with E-state index < -0.39 is 11.9 Å². The van der Waals surface area contributed by atoms with Crippen molar-refractivity contribution in [1.82, 2.24) is 0 Å². The van der Waals surface area contributed by atoms with Gasteiger partial charge in [0, 0.05) is 11.1 Å². The van der Waals surface area contributed by atoms with Crippen LogP contribution in [0.3, 0.4) is 0 Å². The molecule has 21 heavy (non-hydrogen) atoms. The zero-order valence-electron chi connectivity index (χ0n) is 10.8. The molecule has 104 valence electrons. The van der Waals surface area contributed by atoms with E-state index >= 15 is 0 Å². The Morgan fingerprint density at radius 1 is 1.00 bits per heavy atom. The molecule has 0 spiro atoms. The van der Waals surface area contributed by atoms with E-state index in [4.69, 9.17) is 4.42 Å². The SMILES string of the molecule is O=C([O-])c1cccc(NC(=O)c2cc3ccccc3o2)c1. The Balaban J connectivity index is 1.85. The molecule has 1 amide bonds. The summed E-state index contributed by atoms with van der Waals surface area (Å²) in [7, 11) is 0. The lowest BCUT2D eigenvalue weighted by atomic mass is 10.2. The predicted molar refractivity (Wildman–Crippen MR) is 74.9 cm³/mol. The molecule has 5 heteroatoms. The molecule has 0 aliphatic rings. The highest BCUT2D eigenvalue weighted by Gasteiger charge is 2.12. The lowest BCUT2D eigenvalue weighted by Crippen LogP contribution is -2.22. The van der Waals surface area contributed by atoms with Gasteiger partial charge in [0.1, 0.15) is 5.58 Å². The molecule has 1 heterocycles. The average molecular weight is 280 g/mol. The first-order valence-electron chi connectivity index (χ1n) is 6.25. The number of furan rings is 1. The number of para-hydroxylation sites is 1. The Hall–Kier alpha value is -3.08. The molecule has 1 aromatic heterocycles. The average Bonchev–Trinajstić information content (AvgIpc) is 2.91. The van der Waals surface area contributed by atoms with Gasteiger partial charge in [-0.05, 0) is 29.8 Å². The van der Waals surface area contributed by atoms with Gasteiger partial charge in [-0.3, -0.25) is 4.79 Å². The van der Waals surface area contributed by atoms with Gasteiger partial charge in [-0.2, -0.15) is 0 Å². The predicted octanol–water partition coefficient (Wildman–Crippen LogP) is 2.05. The number of fused-ring (bicyclic) bond motifs is 1. The molecule has 0 saturated heterocycles. The number of amides is 1. The summed E-state index contributed by atoms with van der Waals surface area (Å²) in [5.74, 6) is -1.58. The van der Waals surface area contributed by atoms with E-state index in [9.17, 15) is 14.7 Å². The summed E-state index contributed by atoms with van der Waals surface area (Å²) in [4.78, 5) is 22.9. The fourth-order valence-corrected chi connectivity index (χ4v) is 2.01. The Morgan fingerprint density at radius 2 is 1.81 bits per heavy atom. The highest BCUT2D eigenvalue weighted by atomic mass is 16.4. The molecule has 0 aliphatic carbocycles. The maximum atomic E-state index is 12.1. The first-order valence-corrected chi connectivity index (χ1v) is 6.25. The number of rotatable bonds is 3. The van der Waals surface area contributed by atoms with Gasteiger partial charge < -0.3 is 19.6 Å². The van der Waals surface area contributed by atoms with Gasteiger partial charge in [-0.15, -0.1) is 0 Å². The van der Waals surface area contributed by atoms with E-state index in [0.717, 1.165) is 5.39 Å². The van der Waals surface area contributed by atoms with E-state index in [1.54, 1.807) is 18.2 Å². The minimum absolute atomic E-state index is 0.00240. The van der Waals surface area contributed by atoms with Gasteiger partial charge in [-0.1, -0.05) is 30.3 Å². The molecule has 0 bridgehead atoms. The van der Waals surface area contributed by atoms with Crippen LogP contribution in [0.1, 0.15) is 20.9 Å². The van der Waals surface area contributed by atoms with Crippen molar-refractivity contribution >= 4 is 28.5 Å². The first kappa shape index (κ1) is 12.9. The van der Waals surface area contributed by atoms with Crippen molar-refractivity contribution < 1.29 is 19.1 Å².